The van der Waals surface area contributed by atoms with Crippen molar-refractivity contribution < 1.29 is 28.6 Å². The molecule has 0 spiro atoms. The van der Waals surface area contributed by atoms with Crippen molar-refractivity contribution in [3.05, 3.63) is 36.5 Å². The highest BCUT2D eigenvalue weighted by molar-refractivity contribution is 5.71. The van der Waals surface area contributed by atoms with Gasteiger partial charge in [0.05, 0.1) is 0 Å². The van der Waals surface area contributed by atoms with Crippen LogP contribution in [0.15, 0.2) is 36.5 Å². The van der Waals surface area contributed by atoms with Crippen molar-refractivity contribution in [2.24, 2.45) is 0 Å². The van der Waals surface area contributed by atoms with Gasteiger partial charge in [-0.3, -0.25) is 14.4 Å². The van der Waals surface area contributed by atoms with Crippen LogP contribution < -0.4 is 0 Å². The predicted molar refractivity (Wildman–Crippen MR) is 270 cm³/mol. The average Bonchev–Trinajstić information content (AvgIpc) is 3.28. The molecule has 63 heavy (non-hydrogen) atoms. The second-order valence-electron chi connectivity index (χ2n) is 18.5. The topological polar surface area (TPSA) is 78.9 Å². The number of ether oxygens (including phenoxy) is 3. The van der Waals surface area contributed by atoms with Crippen molar-refractivity contribution in [2.75, 3.05) is 13.2 Å². The summed E-state index contributed by atoms with van der Waals surface area (Å²) in [5, 5.41) is 0. The SMILES string of the molecule is CCCCC/C=C\C/C=C\CCCCCCCC(=O)O[C@@H](COC(=O)CCCCCCCCC/C=C\CCCCCCCCCC)COC(=O)CCCCCCCCCCCCC. The summed E-state index contributed by atoms with van der Waals surface area (Å²) in [5.74, 6) is -0.883. The number of hydrogen-bond donors (Lipinski definition) is 0. The summed E-state index contributed by atoms with van der Waals surface area (Å²) in [6, 6.07) is 0. The van der Waals surface area contributed by atoms with Crippen molar-refractivity contribution in [3.8, 4) is 0 Å². The Hall–Kier alpha value is -2.37. The third-order valence-electron chi connectivity index (χ3n) is 12.1. The van der Waals surface area contributed by atoms with Gasteiger partial charge in [-0.25, -0.2) is 0 Å². The van der Waals surface area contributed by atoms with Gasteiger partial charge in [-0.2, -0.15) is 0 Å². The van der Waals surface area contributed by atoms with Crippen LogP contribution in [0.3, 0.4) is 0 Å². The highest BCUT2D eigenvalue weighted by atomic mass is 16.6. The molecule has 0 saturated carbocycles. The minimum Gasteiger partial charge on any atom is -0.462 e. The van der Waals surface area contributed by atoms with Crippen molar-refractivity contribution in [2.45, 2.75) is 297 Å². The van der Waals surface area contributed by atoms with Crippen LogP contribution in [-0.2, 0) is 28.6 Å². The first kappa shape index (κ1) is 60.6. The second kappa shape index (κ2) is 52.3. The summed E-state index contributed by atoms with van der Waals surface area (Å²) in [7, 11) is 0. The molecule has 1 atom stereocenters. The van der Waals surface area contributed by atoms with Gasteiger partial charge in [0.2, 0.25) is 0 Å². The molecular formula is C57H104O6. The number of rotatable bonds is 50. The van der Waals surface area contributed by atoms with Gasteiger partial charge in [-0.15, -0.1) is 0 Å². The third-order valence-corrected chi connectivity index (χ3v) is 12.1. The molecule has 6 nitrogen and oxygen atoms in total. The highest BCUT2D eigenvalue weighted by Crippen LogP contribution is 2.15. The van der Waals surface area contributed by atoms with E-state index in [1.165, 1.54) is 167 Å². The highest BCUT2D eigenvalue weighted by Gasteiger charge is 2.19. The second-order valence-corrected chi connectivity index (χ2v) is 18.5. The number of unbranched alkanes of at least 4 members (excludes halogenated alkanes) is 33. The molecule has 368 valence electrons. The Balaban J connectivity index is 4.33. The van der Waals surface area contributed by atoms with Gasteiger partial charge < -0.3 is 14.2 Å². The zero-order chi connectivity index (χ0) is 45.8. The van der Waals surface area contributed by atoms with Gasteiger partial charge in [-0.1, -0.05) is 231 Å². The minimum absolute atomic E-state index is 0.0763. The predicted octanol–water partition coefficient (Wildman–Crippen LogP) is 18.1. The smallest absolute Gasteiger partial charge is 0.306 e. The number of carbonyl (C=O) groups excluding carboxylic acids is 3. The lowest BCUT2D eigenvalue weighted by molar-refractivity contribution is -0.167. The largest absolute Gasteiger partial charge is 0.462 e. The van der Waals surface area contributed by atoms with Crippen molar-refractivity contribution >= 4 is 17.9 Å². The zero-order valence-electron chi connectivity index (χ0n) is 42.1. The van der Waals surface area contributed by atoms with Crippen LogP contribution in [0.4, 0.5) is 0 Å². The summed E-state index contributed by atoms with van der Waals surface area (Å²) in [6.07, 6.45) is 61.3. The molecule has 0 fully saturated rings. The van der Waals surface area contributed by atoms with E-state index in [0.717, 1.165) is 83.5 Å². The molecule has 0 unspecified atom stereocenters. The Kier molecular flexibility index (Phi) is 50.3. The number of hydrogen-bond acceptors (Lipinski definition) is 6. The van der Waals surface area contributed by atoms with E-state index in [1.54, 1.807) is 0 Å². The van der Waals surface area contributed by atoms with Crippen LogP contribution in [0.25, 0.3) is 0 Å². The Morgan fingerprint density at radius 1 is 0.317 bits per heavy atom. The van der Waals surface area contributed by atoms with Crippen molar-refractivity contribution in [1.29, 1.82) is 0 Å². The Morgan fingerprint density at radius 3 is 0.921 bits per heavy atom. The molecule has 6 heteroatoms. The molecule has 0 saturated heterocycles. The molecule has 0 aliphatic heterocycles. The summed E-state index contributed by atoms with van der Waals surface area (Å²) in [4.78, 5) is 38.0. The first-order valence-electron chi connectivity index (χ1n) is 27.5. The van der Waals surface area contributed by atoms with E-state index in [2.05, 4.69) is 57.2 Å². The van der Waals surface area contributed by atoms with Crippen LogP contribution in [0.5, 0.6) is 0 Å². The van der Waals surface area contributed by atoms with Gasteiger partial charge in [-0.05, 0) is 77.0 Å². The maximum absolute atomic E-state index is 12.8. The fourth-order valence-corrected chi connectivity index (χ4v) is 7.94. The van der Waals surface area contributed by atoms with Crippen LogP contribution >= 0.6 is 0 Å². The molecule has 0 radical (unpaired) electrons. The molecule has 0 bridgehead atoms. The monoisotopic (exact) mass is 885 g/mol. The summed E-state index contributed by atoms with van der Waals surface area (Å²) in [5.41, 5.74) is 0. The molecule has 0 aromatic carbocycles. The fraction of sp³-hybridized carbons (Fsp3) is 0.842. The van der Waals surface area contributed by atoms with E-state index in [1.807, 2.05) is 0 Å². The Labute approximate surface area is 391 Å². The summed E-state index contributed by atoms with van der Waals surface area (Å²) < 4.78 is 16.8. The van der Waals surface area contributed by atoms with E-state index < -0.39 is 6.10 Å². The molecule has 0 rings (SSSR count). The van der Waals surface area contributed by atoms with Crippen molar-refractivity contribution in [3.63, 3.8) is 0 Å². The first-order valence-corrected chi connectivity index (χ1v) is 27.5. The Morgan fingerprint density at radius 2 is 0.571 bits per heavy atom. The molecular weight excluding hydrogens is 781 g/mol. The van der Waals surface area contributed by atoms with Gasteiger partial charge in [0.25, 0.3) is 0 Å². The molecule has 0 aromatic heterocycles. The molecule has 0 heterocycles. The molecule has 0 aliphatic carbocycles. The van der Waals surface area contributed by atoms with Crippen molar-refractivity contribution in [1.82, 2.24) is 0 Å². The standard InChI is InChI=1S/C57H104O6/c1-4-7-10-13-16-19-22-24-26-27-28-29-31-32-35-38-41-44-47-50-56(59)62-53-54(52-61-55(58)49-46-43-40-37-34-21-18-15-12-9-6-3)63-57(60)51-48-45-42-39-36-33-30-25-23-20-17-14-11-8-5-2/h17,20,25,27-28,30,54H,4-16,18-19,21-24,26,29,31-53H2,1-3H3/b20-17-,28-27-,30-25-/t54-/m1/s1. The van der Waals surface area contributed by atoms with E-state index in [9.17, 15) is 14.4 Å². The zero-order valence-corrected chi connectivity index (χ0v) is 42.1. The van der Waals surface area contributed by atoms with Gasteiger partial charge >= 0.3 is 17.9 Å². The van der Waals surface area contributed by atoms with Gasteiger partial charge in [0.1, 0.15) is 13.2 Å². The first-order chi connectivity index (χ1) is 31.0. The maximum Gasteiger partial charge on any atom is 0.306 e. The number of carbonyl (C=O) groups is 3. The van der Waals surface area contributed by atoms with Crippen LogP contribution in [0.1, 0.15) is 290 Å². The molecule has 0 amide bonds. The van der Waals surface area contributed by atoms with Crippen LogP contribution in [0, 0.1) is 0 Å². The number of allylic oxidation sites excluding steroid dienone is 6. The quantitative estimate of drug-likeness (QED) is 0.0262. The van der Waals surface area contributed by atoms with E-state index in [0.29, 0.717) is 19.3 Å². The van der Waals surface area contributed by atoms with E-state index in [4.69, 9.17) is 14.2 Å². The summed E-state index contributed by atoms with van der Waals surface area (Å²) >= 11 is 0. The molecule has 0 aliphatic rings. The molecule has 0 N–H and O–H groups in total. The minimum atomic E-state index is -0.777. The van der Waals surface area contributed by atoms with Gasteiger partial charge in [0, 0.05) is 19.3 Å². The lowest BCUT2D eigenvalue weighted by Crippen LogP contribution is -2.30. The van der Waals surface area contributed by atoms with E-state index in [-0.39, 0.29) is 31.1 Å². The lowest BCUT2D eigenvalue weighted by Gasteiger charge is -2.18. The van der Waals surface area contributed by atoms with E-state index >= 15 is 0 Å². The third kappa shape index (κ3) is 50.5. The normalized spacial score (nSPS) is 12.2. The molecule has 0 aromatic rings. The van der Waals surface area contributed by atoms with Crippen LogP contribution in [0.2, 0.25) is 0 Å². The fourth-order valence-electron chi connectivity index (χ4n) is 7.94. The maximum atomic E-state index is 12.8. The number of esters is 3. The Bertz CT molecular complexity index is 1060. The van der Waals surface area contributed by atoms with Crippen LogP contribution in [-0.4, -0.2) is 37.2 Å². The van der Waals surface area contributed by atoms with Gasteiger partial charge in [0.15, 0.2) is 6.10 Å². The summed E-state index contributed by atoms with van der Waals surface area (Å²) in [6.45, 7) is 6.62. The average molecular weight is 885 g/mol. The lowest BCUT2D eigenvalue weighted by atomic mass is 10.1.